The van der Waals surface area contributed by atoms with Gasteiger partial charge in [0.1, 0.15) is 0 Å². The predicted octanol–water partition coefficient (Wildman–Crippen LogP) is 1.53. The van der Waals surface area contributed by atoms with Gasteiger partial charge in [-0.25, -0.2) is 8.78 Å². The van der Waals surface area contributed by atoms with Crippen molar-refractivity contribution in [3.8, 4) is 0 Å². The van der Waals surface area contributed by atoms with Gasteiger partial charge in [0.05, 0.1) is 0 Å². The summed E-state index contributed by atoms with van der Waals surface area (Å²) in [4.78, 5) is 1.87. The van der Waals surface area contributed by atoms with E-state index in [-0.39, 0.29) is 6.04 Å². The minimum Gasteiger partial charge on any atom is -0.329 e. The molecule has 1 rings (SSSR count). The summed E-state index contributed by atoms with van der Waals surface area (Å²) in [6.07, 6.45) is 0. The van der Waals surface area contributed by atoms with Crippen molar-refractivity contribution in [1.29, 1.82) is 0 Å². The van der Waals surface area contributed by atoms with E-state index in [4.69, 9.17) is 5.73 Å². The number of benzene rings is 1. The highest BCUT2D eigenvalue weighted by Crippen LogP contribution is 2.18. The zero-order valence-electron chi connectivity index (χ0n) is 8.30. The molecule has 0 saturated carbocycles. The van der Waals surface area contributed by atoms with Crippen molar-refractivity contribution in [2.24, 2.45) is 5.73 Å². The molecule has 0 aliphatic carbocycles. The van der Waals surface area contributed by atoms with Gasteiger partial charge in [-0.1, -0.05) is 6.07 Å². The SMILES string of the molecule is CN(C)[C@@H](CN)c1ccc(F)c(F)c1. The Kier molecular flexibility index (Phi) is 3.55. The lowest BCUT2D eigenvalue weighted by Crippen LogP contribution is -2.27. The molecule has 0 spiro atoms. The van der Waals surface area contributed by atoms with Crippen LogP contribution in [0.1, 0.15) is 11.6 Å². The van der Waals surface area contributed by atoms with Crippen molar-refractivity contribution in [2.75, 3.05) is 20.6 Å². The molecule has 0 bridgehead atoms. The molecule has 14 heavy (non-hydrogen) atoms. The van der Waals surface area contributed by atoms with Crippen LogP contribution in [0.2, 0.25) is 0 Å². The summed E-state index contributed by atoms with van der Waals surface area (Å²) in [6.45, 7) is 0.373. The van der Waals surface area contributed by atoms with E-state index >= 15 is 0 Å². The molecule has 2 nitrogen and oxygen atoms in total. The van der Waals surface area contributed by atoms with Crippen molar-refractivity contribution in [2.45, 2.75) is 6.04 Å². The Morgan fingerprint density at radius 1 is 1.29 bits per heavy atom. The average Bonchev–Trinajstić information content (AvgIpc) is 2.11. The van der Waals surface area contributed by atoms with Gasteiger partial charge in [-0.15, -0.1) is 0 Å². The zero-order valence-corrected chi connectivity index (χ0v) is 8.30. The Morgan fingerprint density at radius 3 is 2.36 bits per heavy atom. The zero-order chi connectivity index (χ0) is 10.7. The molecule has 1 aromatic carbocycles. The predicted molar refractivity (Wildman–Crippen MR) is 51.8 cm³/mol. The monoisotopic (exact) mass is 200 g/mol. The van der Waals surface area contributed by atoms with E-state index in [9.17, 15) is 8.78 Å². The van der Waals surface area contributed by atoms with E-state index in [1.54, 1.807) is 6.07 Å². The lowest BCUT2D eigenvalue weighted by atomic mass is 10.1. The Bertz CT molecular complexity index is 313. The molecular formula is C10H14F2N2. The molecule has 0 fully saturated rings. The number of rotatable bonds is 3. The van der Waals surface area contributed by atoms with Crippen LogP contribution in [0.5, 0.6) is 0 Å². The summed E-state index contributed by atoms with van der Waals surface area (Å²) in [5.41, 5.74) is 6.23. The average molecular weight is 200 g/mol. The third-order valence-corrected chi connectivity index (χ3v) is 2.18. The maximum absolute atomic E-state index is 12.9. The highest BCUT2D eigenvalue weighted by molar-refractivity contribution is 5.21. The van der Waals surface area contributed by atoms with Crippen LogP contribution in [-0.2, 0) is 0 Å². The molecule has 0 unspecified atom stereocenters. The largest absolute Gasteiger partial charge is 0.329 e. The van der Waals surface area contributed by atoms with Crippen molar-refractivity contribution in [3.63, 3.8) is 0 Å². The van der Waals surface area contributed by atoms with Gasteiger partial charge in [-0.2, -0.15) is 0 Å². The van der Waals surface area contributed by atoms with Crippen LogP contribution in [0.3, 0.4) is 0 Å². The minimum absolute atomic E-state index is 0.0786. The van der Waals surface area contributed by atoms with Gasteiger partial charge in [-0.05, 0) is 31.8 Å². The molecule has 78 valence electrons. The highest BCUT2D eigenvalue weighted by atomic mass is 19.2. The van der Waals surface area contributed by atoms with Gasteiger partial charge in [0.2, 0.25) is 0 Å². The molecule has 1 aromatic rings. The number of nitrogens with two attached hydrogens (primary N) is 1. The van der Waals surface area contributed by atoms with E-state index in [0.29, 0.717) is 12.1 Å². The van der Waals surface area contributed by atoms with E-state index in [1.807, 2.05) is 19.0 Å². The van der Waals surface area contributed by atoms with E-state index in [1.165, 1.54) is 6.07 Å². The molecule has 0 aromatic heterocycles. The second kappa shape index (κ2) is 4.48. The van der Waals surface area contributed by atoms with Gasteiger partial charge in [-0.3, -0.25) is 0 Å². The van der Waals surface area contributed by atoms with Crippen LogP contribution < -0.4 is 5.73 Å². The standard InChI is InChI=1S/C10H14F2N2/c1-14(2)10(6-13)7-3-4-8(11)9(12)5-7/h3-5,10H,6,13H2,1-2H3/t10-/m0/s1. The topological polar surface area (TPSA) is 29.3 Å². The Morgan fingerprint density at radius 2 is 1.93 bits per heavy atom. The molecular weight excluding hydrogens is 186 g/mol. The van der Waals surface area contributed by atoms with Crippen molar-refractivity contribution in [3.05, 3.63) is 35.4 Å². The van der Waals surface area contributed by atoms with Gasteiger partial charge in [0.25, 0.3) is 0 Å². The van der Waals surface area contributed by atoms with Crippen molar-refractivity contribution < 1.29 is 8.78 Å². The van der Waals surface area contributed by atoms with Gasteiger partial charge in [0.15, 0.2) is 11.6 Å². The first kappa shape index (κ1) is 11.1. The van der Waals surface area contributed by atoms with Gasteiger partial charge < -0.3 is 10.6 Å². The first-order valence-electron chi connectivity index (χ1n) is 4.37. The fourth-order valence-corrected chi connectivity index (χ4v) is 1.36. The van der Waals surface area contributed by atoms with Gasteiger partial charge in [0, 0.05) is 12.6 Å². The molecule has 0 aliphatic rings. The molecule has 4 heteroatoms. The molecule has 0 saturated heterocycles. The van der Waals surface area contributed by atoms with Crippen molar-refractivity contribution in [1.82, 2.24) is 4.90 Å². The first-order valence-corrected chi connectivity index (χ1v) is 4.37. The summed E-state index contributed by atoms with van der Waals surface area (Å²) in [6, 6.07) is 3.78. The Hall–Kier alpha value is -1.00. The number of likely N-dealkylation sites (N-methyl/N-ethyl adjacent to an activating group) is 1. The highest BCUT2D eigenvalue weighted by Gasteiger charge is 2.13. The lowest BCUT2D eigenvalue weighted by molar-refractivity contribution is 0.304. The summed E-state index contributed by atoms with van der Waals surface area (Å²) >= 11 is 0. The fourth-order valence-electron chi connectivity index (χ4n) is 1.36. The third-order valence-electron chi connectivity index (χ3n) is 2.18. The molecule has 0 aliphatic heterocycles. The van der Waals surface area contributed by atoms with Crippen LogP contribution in [0.15, 0.2) is 18.2 Å². The quantitative estimate of drug-likeness (QED) is 0.801. The molecule has 2 N–H and O–H groups in total. The summed E-state index contributed by atoms with van der Waals surface area (Å²) in [7, 11) is 3.69. The van der Waals surface area contributed by atoms with Gasteiger partial charge >= 0.3 is 0 Å². The number of hydrogen-bond acceptors (Lipinski definition) is 2. The van der Waals surface area contributed by atoms with Crippen LogP contribution in [0, 0.1) is 11.6 Å². The minimum atomic E-state index is -0.831. The molecule has 0 radical (unpaired) electrons. The number of hydrogen-bond donors (Lipinski definition) is 1. The molecule has 1 atom stereocenters. The number of nitrogens with zero attached hydrogens (tertiary/aromatic N) is 1. The summed E-state index contributed by atoms with van der Waals surface area (Å²) < 4.78 is 25.6. The maximum atomic E-state index is 12.9. The fraction of sp³-hybridized carbons (Fsp3) is 0.400. The van der Waals surface area contributed by atoms with E-state index in [0.717, 1.165) is 6.07 Å². The van der Waals surface area contributed by atoms with Crippen LogP contribution in [0.4, 0.5) is 8.78 Å². The van der Waals surface area contributed by atoms with Crippen LogP contribution >= 0.6 is 0 Å². The van der Waals surface area contributed by atoms with Crippen LogP contribution in [-0.4, -0.2) is 25.5 Å². The first-order chi connectivity index (χ1) is 6.56. The van der Waals surface area contributed by atoms with Crippen molar-refractivity contribution >= 4 is 0 Å². The lowest BCUT2D eigenvalue weighted by Gasteiger charge is -2.22. The summed E-state index contributed by atoms with van der Waals surface area (Å²) in [5, 5.41) is 0. The maximum Gasteiger partial charge on any atom is 0.159 e. The smallest absolute Gasteiger partial charge is 0.159 e. The Labute approximate surface area is 82.3 Å². The van der Waals surface area contributed by atoms with Crippen LogP contribution in [0.25, 0.3) is 0 Å². The molecule has 0 heterocycles. The second-order valence-corrected chi connectivity index (χ2v) is 3.39. The molecule has 0 amide bonds. The normalized spacial score (nSPS) is 13.3. The summed E-state index contributed by atoms with van der Waals surface area (Å²) in [5.74, 6) is -1.66. The van der Waals surface area contributed by atoms with E-state index in [2.05, 4.69) is 0 Å². The Balaban J connectivity index is 3.00. The number of halogens is 2. The third kappa shape index (κ3) is 2.27. The van der Waals surface area contributed by atoms with E-state index < -0.39 is 11.6 Å². The second-order valence-electron chi connectivity index (χ2n) is 3.39.